The summed E-state index contributed by atoms with van der Waals surface area (Å²) in [5.74, 6) is -0.0820. The molecule has 0 aromatic heterocycles. The Morgan fingerprint density at radius 2 is 1.88 bits per heavy atom. The highest BCUT2D eigenvalue weighted by Crippen LogP contribution is 2.18. The quantitative estimate of drug-likeness (QED) is 0.664. The summed E-state index contributed by atoms with van der Waals surface area (Å²) in [6.07, 6.45) is 2.35. The molecule has 1 amide bonds. The van der Waals surface area contributed by atoms with Crippen LogP contribution in [0.4, 0.5) is 0 Å². The molecule has 6 heteroatoms. The lowest BCUT2D eigenvalue weighted by atomic mass is 9.96. The highest BCUT2D eigenvalue weighted by Gasteiger charge is 2.16. The van der Waals surface area contributed by atoms with Gasteiger partial charge in [0, 0.05) is 24.6 Å². The third kappa shape index (κ3) is 5.28. The molecule has 1 unspecified atom stereocenters. The maximum Gasteiger partial charge on any atom is 0.251 e. The molecule has 0 saturated heterocycles. The van der Waals surface area contributed by atoms with Crippen LogP contribution in [0, 0.1) is 0 Å². The minimum Gasteiger partial charge on any atom is -0.351 e. The largest absolute Gasteiger partial charge is 0.351 e. The van der Waals surface area contributed by atoms with E-state index in [0.29, 0.717) is 12.1 Å². The van der Waals surface area contributed by atoms with E-state index in [2.05, 4.69) is 23.5 Å². The van der Waals surface area contributed by atoms with E-state index in [1.807, 2.05) is 30.3 Å². The van der Waals surface area contributed by atoms with Crippen LogP contribution >= 0.6 is 0 Å². The molecule has 26 heavy (non-hydrogen) atoms. The van der Waals surface area contributed by atoms with E-state index in [0.717, 1.165) is 6.42 Å². The van der Waals surface area contributed by atoms with Gasteiger partial charge in [0.25, 0.3) is 5.91 Å². The van der Waals surface area contributed by atoms with E-state index in [4.69, 9.17) is 0 Å². The Morgan fingerprint density at radius 3 is 2.54 bits per heavy atom. The van der Waals surface area contributed by atoms with E-state index in [9.17, 15) is 13.2 Å². The second-order valence-corrected chi connectivity index (χ2v) is 7.66. The Kier molecular flexibility index (Phi) is 7.12. The first-order valence-corrected chi connectivity index (χ1v) is 10.00. The molecule has 0 aliphatic carbocycles. The molecule has 0 fully saturated rings. The van der Waals surface area contributed by atoms with Crippen LogP contribution in [0.15, 0.2) is 72.1 Å². The molecule has 0 spiro atoms. The lowest BCUT2D eigenvalue weighted by Crippen LogP contribution is -2.29. The average molecular weight is 372 g/mol. The SMILES string of the molecule is C=CCNS(=O)(=O)c1cccc(C(=O)NCC(CC)c2ccccc2)c1. The van der Waals surface area contributed by atoms with E-state index in [1.54, 1.807) is 12.1 Å². The van der Waals surface area contributed by atoms with Crippen LogP contribution in [-0.4, -0.2) is 27.4 Å². The van der Waals surface area contributed by atoms with Gasteiger partial charge in [0.05, 0.1) is 4.90 Å². The first-order chi connectivity index (χ1) is 12.5. The maximum atomic E-state index is 12.4. The van der Waals surface area contributed by atoms with Crippen molar-refractivity contribution in [2.24, 2.45) is 0 Å². The summed E-state index contributed by atoms with van der Waals surface area (Å²) in [5.41, 5.74) is 1.48. The van der Waals surface area contributed by atoms with Crippen LogP contribution in [0.5, 0.6) is 0 Å². The summed E-state index contributed by atoms with van der Waals surface area (Å²) in [6, 6.07) is 16.0. The summed E-state index contributed by atoms with van der Waals surface area (Å²) < 4.78 is 26.7. The number of sulfonamides is 1. The monoisotopic (exact) mass is 372 g/mol. The van der Waals surface area contributed by atoms with Crippen molar-refractivity contribution in [2.45, 2.75) is 24.2 Å². The Hall–Kier alpha value is -2.44. The minimum atomic E-state index is -3.66. The molecule has 0 aliphatic heterocycles. The van der Waals surface area contributed by atoms with Gasteiger partial charge < -0.3 is 5.32 Å². The van der Waals surface area contributed by atoms with Crippen molar-refractivity contribution in [3.63, 3.8) is 0 Å². The molecule has 1 atom stereocenters. The molecule has 5 nitrogen and oxygen atoms in total. The van der Waals surface area contributed by atoms with Gasteiger partial charge in [0.1, 0.15) is 0 Å². The van der Waals surface area contributed by atoms with Crippen LogP contribution in [0.3, 0.4) is 0 Å². The van der Waals surface area contributed by atoms with Crippen LogP contribution in [0.1, 0.15) is 35.2 Å². The number of hydrogen-bond donors (Lipinski definition) is 2. The average Bonchev–Trinajstić information content (AvgIpc) is 2.67. The molecular formula is C20H24N2O3S. The second kappa shape index (κ2) is 9.31. The predicted molar refractivity (Wildman–Crippen MR) is 104 cm³/mol. The second-order valence-electron chi connectivity index (χ2n) is 5.89. The van der Waals surface area contributed by atoms with Gasteiger partial charge in [0.2, 0.25) is 10.0 Å². The molecular weight excluding hydrogens is 348 g/mol. The van der Waals surface area contributed by atoms with Crippen LogP contribution < -0.4 is 10.0 Å². The summed E-state index contributed by atoms with van der Waals surface area (Å²) in [5, 5.41) is 2.90. The fourth-order valence-corrected chi connectivity index (χ4v) is 3.64. The molecule has 0 bridgehead atoms. The van der Waals surface area contributed by atoms with Crippen molar-refractivity contribution in [3.05, 3.63) is 78.4 Å². The Labute approximate surface area is 155 Å². The first kappa shape index (κ1) is 19.9. The van der Waals surface area contributed by atoms with Gasteiger partial charge in [-0.15, -0.1) is 6.58 Å². The molecule has 0 heterocycles. The van der Waals surface area contributed by atoms with Gasteiger partial charge in [-0.2, -0.15) is 0 Å². The van der Waals surface area contributed by atoms with Gasteiger partial charge in [-0.1, -0.05) is 49.4 Å². The van der Waals surface area contributed by atoms with Crippen molar-refractivity contribution in [2.75, 3.05) is 13.1 Å². The smallest absolute Gasteiger partial charge is 0.251 e. The molecule has 0 radical (unpaired) electrons. The Morgan fingerprint density at radius 1 is 1.15 bits per heavy atom. The topological polar surface area (TPSA) is 75.3 Å². The standard InChI is InChI=1S/C20H24N2O3S/c1-3-13-22-26(24,25)19-12-8-11-18(14-19)20(23)21-15-16(4-2)17-9-6-5-7-10-17/h3,5-12,14,16,22H,1,4,13,15H2,2H3,(H,21,23). The third-order valence-corrected chi connectivity index (χ3v) is 5.52. The normalized spacial score (nSPS) is 12.3. The van der Waals surface area contributed by atoms with E-state index in [1.165, 1.54) is 23.8 Å². The number of nitrogens with one attached hydrogen (secondary N) is 2. The molecule has 0 aliphatic rings. The van der Waals surface area contributed by atoms with Gasteiger partial charge in [-0.3, -0.25) is 4.79 Å². The molecule has 2 rings (SSSR count). The zero-order valence-corrected chi connectivity index (χ0v) is 15.6. The fourth-order valence-electron chi connectivity index (χ4n) is 2.60. The third-order valence-electron chi connectivity index (χ3n) is 4.10. The summed E-state index contributed by atoms with van der Waals surface area (Å²) >= 11 is 0. The van der Waals surface area contributed by atoms with Crippen molar-refractivity contribution < 1.29 is 13.2 Å². The molecule has 2 aromatic carbocycles. The van der Waals surface area contributed by atoms with Gasteiger partial charge >= 0.3 is 0 Å². The van der Waals surface area contributed by atoms with Crippen LogP contribution in [0.25, 0.3) is 0 Å². The first-order valence-electron chi connectivity index (χ1n) is 8.51. The molecule has 2 aromatic rings. The number of rotatable bonds is 9. The molecule has 2 N–H and O–H groups in total. The number of benzene rings is 2. The summed E-state index contributed by atoms with van der Waals surface area (Å²) in [6.45, 7) is 6.18. The zero-order chi connectivity index (χ0) is 19.0. The Balaban J connectivity index is 2.08. The lowest BCUT2D eigenvalue weighted by Gasteiger charge is -2.16. The number of amides is 1. The number of hydrogen-bond acceptors (Lipinski definition) is 3. The summed E-state index contributed by atoms with van der Waals surface area (Å²) in [7, 11) is -3.66. The minimum absolute atomic E-state index is 0.0575. The molecule has 0 saturated carbocycles. The number of carbonyl (C=O) groups excluding carboxylic acids is 1. The molecule has 138 valence electrons. The van der Waals surface area contributed by atoms with Gasteiger partial charge in [0.15, 0.2) is 0 Å². The van der Waals surface area contributed by atoms with E-state index >= 15 is 0 Å². The highest BCUT2D eigenvalue weighted by atomic mass is 32.2. The van der Waals surface area contributed by atoms with Crippen molar-refractivity contribution in [1.29, 1.82) is 0 Å². The van der Waals surface area contributed by atoms with Crippen molar-refractivity contribution in [3.8, 4) is 0 Å². The highest BCUT2D eigenvalue weighted by molar-refractivity contribution is 7.89. The van der Waals surface area contributed by atoms with Crippen molar-refractivity contribution in [1.82, 2.24) is 10.0 Å². The number of carbonyl (C=O) groups is 1. The summed E-state index contributed by atoms with van der Waals surface area (Å²) in [4.78, 5) is 12.5. The Bertz CT molecular complexity index is 848. The lowest BCUT2D eigenvalue weighted by molar-refractivity contribution is 0.0950. The maximum absolute atomic E-state index is 12.4. The van der Waals surface area contributed by atoms with Crippen LogP contribution in [-0.2, 0) is 10.0 Å². The van der Waals surface area contributed by atoms with Gasteiger partial charge in [-0.25, -0.2) is 13.1 Å². The van der Waals surface area contributed by atoms with Crippen molar-refractivity contribution >= 4 is 15.9 Å². The van der Waals surface area contributed by atoms with E-state index < -0.39 is 10.0 Å². The van der Waals surface area contributed by atoms with Crippen LogP contribution in [0.2, 0.25) is 0 Å². The van der Waals surface area contributed by atoms with E-state index in [-0.39, 0.29) is 23.3 Å². The fraction of sp³-hybridized carbons (Fsp3) is 0.250. The zero-order valence-electron chi connectivity index (χ0n) is 14.8. The van der Waals surface area contributed by atoms with Gasteiger partial charge in [-0.05, 0) is 30.2 Å². The predicted octanol–water partition coefficient (Wildman–Crippen LogP) is 3.07.